The number of halogens is 4. The maximum atomic E-state index is 13.3. The Kier molecular flexibility index (Phi) is 5.17. The average Bonchev–Trinajstić information content (AvgIpc) is 2.50. The first kappa shape index (κ1) is 16.8. The van der Waals surface area contributed by atoms with Gasteiger partial charge < -0.3 is 15.7 Å². The Morgan fingerprint density at radius 2 is 1.74 bits per heavy atom. The number of amides is 2. The van der Waals surface area contributed by atoms with Crippen molar-refractivity contribution in [1.29, 1.82) is 0 Å². The second-order valence-corrected chi connectivity index (χ2v) is 4.65. The van der Waals surface area contributed by atoms with Crippen LogP contribution in [-0.4, -0.2) is 17.7 Å². The van der Waals surface area contributed by atoms with E-state index in [1.165, 1.54) is 6.07 Å². The summed E-state index contributed by atoms with van der Waals surface area (Å²) in [6, 6.07) is 4.58. The van der Waals surface area contributed by atoms with Gasteiger partial charge in [-0.15, -0.1) is 0 Å². The molecule has 0 aliphatic heterocycles. The topological polar surface area (TPSA) is 61.4 Å². The lowest BCUT2D eigenvalue weighted by molar-refractivity contribution is 0.174. The highest BCUT2D eigenvalue weighted by atomic mass is 19.2. The van der Waals surface area contributed by atoms with Crippen LogP contribution >= 0.6 is 0 Å². The third kappa shape index (κ3) is 4.43. The number of rotatable bonds is 4. The molecule has 0 radical (unpaired) electrons. The maximum absolute atomic E-state index is 13.3. The van der Waals surface area contributed by atoms with Crippen LogP contribution < -0.4 is 10.6 Å². The first-order valence-electron chi connectivity index (χ1n) is 6.49. The molecule has 1 atom stereocenters. The fourth-order valence-electron chi connectivity index (χ4n) is 1.78. The Bertz CT molecular complexity index is 725. The van der Waals surface area contributed by atoms with Gasteiger partial charge in [0.2, 0.25) is 0 Å². The smallest absolute Gasteiger partial charge is 0.319 e. The zero-order valence-corrected chi connectivity index (χ0v) is 11.6. The maximum Gasteiger partial charge on any atom is 0.319 e. The highest BCUT2D eigenvalue weighted by molar-refractivity contribution is 5.89. The summed E-state index contributed by atoms with van der Waals surface area (Å²) in [5.41, 5.74) is -0.177. The lowest BCUT2D eigenvalue weighted by Crippen LogP contribution is -2.32. The number of benzene rings is 2. The number of aliphatic hydroxyl groups is 1. The number of hydrogen-bond acceptors (Lipinski definition) is 2. The van der Waals surface area contributed by atoms with Crippen molar-refractivity contribution in [3.8, 4) is 0 Å². The number of anilines is 1. The molecule has 0 unspecified atom stereocenters. The molecule has 0 fully saturated rings. The van der Waals surface area contributed by atoms with Gasteiger partial charge in [-0.2, -0.15) is 0 Å². The molecule has 0 spiro atoms. The van der Waals surface area contributed by atoms with Gasteiger partial charge in [0.15, 0.2) is 11.6 Å². The largest absolute Gasteiger partial charge is 0.387 e. The normalized spacial score (nSPS) is 11.9. The van der Waals surface area contributed by atoms with Gasteiger partial charge in [0, 0.05) is 12.6 Å². The van der Waals surface area contributed by atoms with Crippen molar-refractivity contribution < 1.29 is 27.5 Å². The summed E-state index contributed by atoms with van der Waals surface area (Å²) >= 11 is 0. The van der Waals surface area contributed by atoms with E-state index in [1.807, 2.05) is 0 Å². The fourth-order valence-corrected chi connectivity index (χ4v) is 1.78. The van der Waals surface area contributed by atoms with Crippen LogP contribution in [0.25, 0.3) is 0 Å². The van der Waals surface area contributed by atoms with Gasteiger partial charge in [0.1, 0.15) is 11.6 Å². The van der Waals surface area contributed by atoms with Crippen molar-refractivity contribution in [3.05, 3.63) is 65.2 Å². The first-order chi connectivity index (χ1) is 10.9. The third-order valence-corrected chi connectivity index (χ3v) is 2.96. The molecule has 0 saturated carbocycles. The van der Waals surface area contributed by atoms with Gasteiger partial charge >= 0.3 is 6.03 Å². The Balaban J connectivity index is 1.91. The van der Waals surface area contributed by atoms with E-state index in [1.54, 1.807) is 0 Å². The molecule has 122 valence electrons. The fraction of sp³-hybridized carbons (Fsp3) is 0.133. The quantitative estimate of drug-likeness (QED) is 0.755. The van der Waals surface area contributed by atoms with Crippen LogP contribution in [0.15, 0.2) is 36.4 Å². The van der Waals surface area contributed by atoms with E-state index in [9.17, 15) is 27.5 Å². The van der Waals surface area contributed by atoms with E-state index in [-0.39, 0.29) is 17.8 Å². The monoisotopic (exact) mass is 328 g/mol. The van der Waals surface area contributed by atoms with Crippen LogP contribution in [0.5, 0.6) is 0 Å². The molecule has 0 bridgehead atoms. The lowest BCUT2D eigenvalue weighted by atomic mass is 10.1. The molecular weight excluding hydrogens is 316 g/mol. The molecule has 2 rings (SSSR count). The Morgan fingerprint density at radius 1 is 1.00 bits per heavy atom. The summed E-state index contributed by atoms with van der Waals surface area (Å²) in [6.07, 6.45) is -1.28. The molecule has 0 heterocycles. The number of aliphatic hydroxyl groups excluding tert-OH is 1. The zero-order chi connectivity index (χ0) is 17.0. The summed E-state index contributed by atoms with van der Waals surface area (Å²) in [5, 5.41) is 14.1. The van der Waals surface area contributed by atoms with E-state index in [4.69, 9.17) is 0 Å². The van der Waals surface area contributed by atoms with Crippen LogP contribution in [0.4, 0.5) is 28.0 Å². The summed E-state index contributed by atoms with van der Waals surface area (Å²) in [5.74, 6) is -3.93. The lowest BCUT2D eigenvalue weighted by Gasteiger charge is -2.13. The van der Waals surface area contributed by atoms with Crippen molar-refractivity contribution in [3.63, 3.8) is 0 Å². The second-order valence-electron chi connectivity index (χ2n) is 4.65. The summed E-state index contributed by atoms with van der Waals surface area (Å²) in [7, 11) is 0. The Hall–Kier alpha value is -2.61. The van der Waals surface area contributed by atoms with E-state index < -0.39 is 35.4 Å². The molecule has 0 saturated heterocycles. The Morgan fingerprint density at radius 3 is 2.39 bits per heavy atom. The first-order valence-corrected chi connectivity index (χ1v) is 6.49. The summed E-state index contributed by atoms with van der Waals surface area (Å²) < 4.78 is 51.9. The molecule has 0 aliphatic rings. The predicted molar refractivity (Wildman–Crippen MR) is 74.7 cm³/mol. The highest BCUT2D eigenvalue weighted by Crippen LogP contribution is 2.16. The van der Waals surface area contributed by atoms with Gasteiger partial charge in [0.05, 0.1) is 11.8 Å². The van der Waals surface area contributed by atoms with Crippen molar-refractivity contribution in [2.45, 2.75) is 6.10 Å². The minimum absolute atomic E-state index is 0.0668. The van der Waals surface area contributed by atoms with Crippen LogP contribution in [0, 0.1) is 23.3 Å². The van der Waals surface area contributed by atoms with E-state index in [0.29, 0.717) is 6.07 Å². The third-order valence-electron chi connectivity index (χ3n) is 2.96. The molecule has 4 nitrogen and oxygen atoms in total. The van der Waals surface area contributed by atoms with Crippen LogP contribution in [0.1, 0.15) is 11.7 Å². The molecule has 3 N–H and O–H groups in total. The number of urea groups is 1. The Labute approximate surface area is 128 Å². The molecule has 2 aromatic rings. The summed E-state index contributed by atoms with van der Waals surface area (Å²) in [6.45, 7) is -0.320. The van der Waals surface area contributed by atoms with Gasteiger partial charge in [-0.25, -0.2) is 22.4 Å². The van der Waals surface area contributed by atoms with Gasteiger partial charge in [0.25, 0.3) is 0 Å². The molecular formula is C15H12F4N2O2. The molecule has 8 heteroatoms. The summed E-state index contributed by atoms with van der Waals surface area (Å²) in [4.78, 5) is 11.6. The molecule has 0 aromatic heterocycles. The zero-order valence-electron chi connectivity index (χ0n) is 11.6. The van der Waals surface area contributed by atoms with E-state index >= 15 is 0 Å². The standard InChI is InChI=1S/C15H12F4N2O2/c16-9-2-4-13(12(19)6-9)21-15(23)20-7-14(22)8-1-3-10(17)11(18)5-8/h1-6,14,22H,7H2,(H2,20,21,23)/t14-/m1/s1. The van der Waals surface area contributed by atoms with Crippen LogP contribution in [0.2, 0.25) is 0 Å². The van der Waals surface area contributed by atoms with E-state index in [0.717, 1.165) is 24.3 Å². The minimum atomic E-state index is -1.28. The highest BCUT2D eigenvalue weighted by Gasteiger charge is 2.13. The molecule has 2 amide bonds. The van der Waals surface area contributed by atoms with Crippen molar-refractivity contribution >= 4 is 11.7 Å². The average molecular weight is 328 g/mol. The number of carbonyl (C=O) groups excluding carboxylic acids is 1. The second kappa shape index (κ2) is 7.10. The van der Waals surface area contributed by atoms with Gasteiger partial charge in [-0.05, 0) is 29.8 Å². The molecule has 23 heavy (non-hydrogen) atoms. The molecule has 0 aliphatic carbocycles. The van der Waals surface area contributed by atoms with E-state index in [2.05, 4.69) is 10.6 Å². The number of nitrogens with one attached hydrogen (secondary N) is 2. The van der Waals surface area contributed by atoms with Crippen molar-refractivity contribution in [2.75, 3.05) is 11.9 Å². The number of carbonyl (C=O) groups is 1. The van der Waals surface area contributed by atoms with Crippen LogP contribution in [0.3, 0.4) is 0 Å². The van der Waals surface area contributed by atoms with Crippen LogP contribution in [-0.2, 0) is 0 Å². The SMILES string of the molecule is O=C(NC[C@@H](O)c1ccc(F)c(F)c1)Nc1ccc(F)cc1F. The minimum Gasteiger partial charge on any atom is -0.387 e. The number of hydrogen-bond donors (Lipinski definition) is 3. The van der Waals surface area contributed by atoms with Gasteiger partial charge in [-0.1, -0.05) is 6.07 Å². The predicted octanol–water partition coefficient (Wildman–Crippen LogP) is 3.10. The van der Waals surface area contributed by atoms with Gasteiger partial charge in [-0.3, -0.25) is 0 Å². The van der Waals surface area contributed by atoms with Crippen molar-refractivity contribution in [2.24, 2.45) is 0 Å². The van der Waals surface area contributed by atoms with Crippen molar-refractivity contribution in [1.82, 2.24) is 5.32 Å². The molecule has 2 aromatic carbocycles.